The summed E-state index contributed by atoms with van der Waals surface area (Å²) in [5.41, 5.74) is -0.585. The molecule has 2 N–H and O–H groups in total. The Bertz CT molecular complexity index is 171. The first kappa shape index (κ1) is 12.3. The number of rotatable bonds is 5. The Hall–Kier alpha value is 0.270. The first-order valence-corrected chi connectivity index (χ1v) is 6.68. The molecule has 0 bridgehead atoms. The standard InChI is InChI=1S/C11H23NOS/c1-10(2,13)8-12-9-11(14-3)6-4-5-7-11/h12-13H,4-9H2,1-3H3. The molecule has 3 heteroatoms. The Morgan fingerprint density at radius 2 is 1.93 bits per heavy atom. The summed E-state index contributed by atoms with van der Waals surface area (Å²) in [4.78, 5) is 0. The number of hydrogen-bond acceptors (Lipinski definition) is 3. The van der Waals surface area contributed by atoms with Gasteiger partial charge in [-0.2, -0.15) is 11.8 Å². The van der Waals surface area contributed by atoms with Gasteiger partial charge in [-0.3, -0.25) is 0 Å². The van der Waals surface area contributed by atoms with Crippen LogP contribution in [-0.2, 0) is 0 Å². The topological polar surface area (TPSA) is 32.3 Å². The van der Waals surface area contributed by atoms with Crippen LogP contribution in [-0.4, -0.2) is 34.8 Å². The average Bonchev–Trinajstić information content (AvgIpc) is 2.52. The lowest BCUT2D eigenvalue weighted by Crippen LogP contribution is -2.42. The zero-order valence-corrected chi connectivity index (χ0v) is 10.4. The molecule has 0 atom stereocenters. The molecular weight excluding hydrogens is 194 g/mol. The summed E-state index contributed by atoms with van der Waals surface area (Å²) in [6, 6.07) is 0. The molecule has 0 spiro atoms. The lowest BCUT2D eigenvalue weighted by Gasteiger charge is -2.29. The Balaban J connectivity index is 2.28. The Labute approximate surface area is 91.9 Å². The van der Waals surface area contributed by atoms with Gasteiger partial charge in [-0.25, -0.2) is 0 Å². The van der Waals surface area contributed by atoms with E-state index in [1.54, 1.807) is 0 Å². The fourth-order valence-corrected chi connectivity index (χ4v) is 3.01. The molecule has 0 aromatic heterocycles. The van der Waals surface area contributed by atoms with E-state index >= 15 is 0 Å². The van der Waals surface area contributed by atoms with Crippen LogP contribution in [0.1, 0.15) is 39.5 Å². The maximum Gasteiger partial charge on any atom is 0.0715 e. The average molecular weight is 217 g/mol. The predicted octanol–water partition coefficient (Wildman–Crippen LogP) is 2.02. The smallest absolute Gasteiger partial charge is 0.0715 e. The zero-order chi connectivity index (χ0) is 10.7. The van der Waals surface area contributed by atoms with Crippen molar-refractivity contribution in [1.82, 2.24) is 5.32 Å². The van der Waals surface area contributed by atoms with Crippen molar-refractivity contribution in [2.24, 2.45) is 0 Å². The molecule has 1 saturated carbocycles. The van der Waals surface area contributed by atoms with E-state index < -0.39 is 5.60 Å². The highest BCUT2D eigenvalue weighted by molar-refractivity contribution is 8.00. The number of aliphatic hydroxyl groups is 1. The van der Waals surface area contributed by atoms with Gasteiger partial charge < -0.3 is 10.4 Å². The van der Waals surface area contributed by atoms with Crippen molar-refractivity contribution in [2.75, 3.05) is 19.3 Å². The number of thioether (sulfide) groups is 1. The Kier molecular flexibility index (Phi) is 4.29. The highest BCUT2D eigenvalue weighted by Gasteiger charge is 2.32. The molecular formula is C11H23NOS. The lowest BCUT2D eigenvalue weighted by atomic mass is 10.1. The third-order valence-electron chi connectivity index (χ3n) is 2.95. The molecule has 0 aromatic rings. The van der Waals surface area contributed by atoms with Crippen LogP contribution < -0.4 is 5.32 Å². The van der Waals surface area contributed by atoms with Gasteiger partial charge in [0.2, 0.25) is 0 Å². The monoisotopic (exact) mass is 217 g/mol. The summed E-state index contributed by atoms with van der Waals surface area (Å²) in [5.74, 6) is 0. The van der Waals surface area contributed by atoms with Crippen LogP contribution in [0.2, 0.25) is 0 Å². The van der Waals surface area contributed by atoms with Crippen molar-refractivity contribution in [3.63, 3.8) is 0 Å². The van der Waals surface area contributed by atoms with E-state index in [0.29, 0.717) is 11.3 Å². The molecule has 0 amide bonds. The van der Waals surface area contributed by atoms with Gasteiger partial charge in [-0.15, -0.1) is 0 Å². The second kappa shape index (κ2) is 4.86. The molecule has 14 heavy (non-hydrogen) atoms. The SMILES string of the molecule is CSC1(CNCC(C)(C)O)CCCC1. The highest BCUT2D eigenvalue weighted by atomic mass is 32.2. The van der Waals surface area contributed by atoms with E-state index in [4.69, 9.17) is 0 Å². The third kappa shape index (κ3) is 3.79. The van der Waals surface area contributed by atoms with Crippen LogP contribution in [0.4, 0.5) is 0 Å². The van der Waals surface area contributed by atoms with E-state index in [1.165, 1.54) is 25.7 Å². The minimum Gasteiger partial charge on any atom is -0.389 e. The van der Waals surface area contributed by atoms with Gasteiger partial charge in [0.05, 0.1) is 5.60 Å². The van der Waals surface area contributed by atoms with Gasteiger partial charge in [0.15, 0.2) is 0 Å². The summed E-state index contributed by atoms with van der Waals surface area (Å²) in [6.07, 6.45) is 7.59. The zero-order valence-electron chi connectivity index (χ0n) is 9.60. The molecule has 1 fully saturated rings. The minimum absolute atomic E-state index is 0.450. The van der Waals surface area contributed by atoms with Crippen molar-refractivity contribution in [3.8, 4) is 0 Å². The van der Waals surface area contributed by atoms with Gasteiger partial charge in [0.1, 0.15) is 0 Å². The Morgan fingerprint density at radius 3 is 2.36 bits per heavy atom. The Morgan fingerprint density at radius 1 is 1.36 bits per heavy atom. The first-order valence-electron chi connectivity index (χ1n) is 5.46. The van der Waals surface area contributed by atoms with Crippen LogP contribution in [0.3, 0.4) is 0 Å². The normalized spacial score (nSPS) is 21.4. The number of nitrogens with one attached hydrogen (secondary N) is 1. The fraction of sp³-hybridized carbons (Fsp3) is 1.00. The summed E-state index contributed by atoms with van der Waals surface area (Å²) in [5, 5.41) is 13.0. The van der Waals surface area contributed by atoms with Crippen molar-refractivity contribution < 1.29 is 5.11 Å². The van der Waals surface area contributed by atoms with E-state index in [2.05, 4.69) is 11.6 Å². The van der Waals surface area contributed by atoms with E-state index in [9.17, 15) is 5.11 Å². The minimum atomic E-state index is -0.585. The van der Waals surface area contributed by atoms with Gasteiger partial charge in [-0.1, -0.05) is 12.8 Å². The molecule has 0 unspecified atom stereocenters. The van der Waals surface area contributed by atoms with Crippen LogP contribution in [0.5, 0.6) is 0 Å². The van der Waals surface area contributed by atoms with Crippen LogP contribution in [0, 0.1) is 0 Å². The molecule has 0 saturated heterocycles. The molecule has 1 aliphatic carbocycles. The first-order chi connectivity index (χ1) is 6.47. The molecule has 84 valence electrons. The lowest BCUT2D eigenvalue weighted by molar-refractivity contribution is 0.0793. The van der Waals surface area contributed by atoms with Crippen LogP contribution >= 0.6 is 11.8 Å². The quantitative estimate of drug-likeness (QED) is 0.739. The van der Waals surface area contributed by atoms with Crippen molar-refractivity contribution in [2.45, 2.75) is 49.9 Å². The summed E-state index contributed by atoms with van der Waals surface area (Å²) in [7, 11) is 0. The maximum atomic E-state index is 9.58. The summed E-state index contributed by atoms with van der Waals surface area (Å²) in [6.45, 7) is 5.42. The molecule has 1 aliphatic rings. The van der Waals surface area contributed by atoms with Crippen molar-refractivity contribution in [1.29, 1.82) is 0 Å². The third-order valence-corrected chi connectivity index (χ3v) is 4.37. The maximum absolute atomic E-state index is 9.58. The largest absolute Gasteiger partial charge is 0.389 e. The van der Waals surface area contributed by atoms with Gasteiger partial charge in [-0.05, 0) is 32.9 Å². The van der Waals surface area contributed by atoms with Gasteiger partial charge in [0.25, 0.3) is 0 Å². The molecule has 1 rings (SSSR count). The van der Waals surface area contributed by atoms with Gasteiger partial charge >= 0.3 is 0 Å². The molecule has 0 aliphatic heterocycles. The van der Waals surface area contributed by atoms with Crippen LogP contribution in [0.25, 0.3) is 0 Å². The second-order valence-electron chi connectivity index (χ2n) is 5.01. The summed E-state index contributed by atoms with van der Waals surface area (Å²) >= 11 is 1.99. The van der Waals surface area contributed by atoms with Crippen molar-refractivity contribution in [3.05, 3.63) is 0 Å². The number of hydrogen-bond donors (Lipinski definition) is 2. The molecule has 0 aromatic carbocycles. The van der Waals surface area contributed by atoms with Crippen molar-refractivity contribution >= 4 is 11.8 Å². The summed E-state index contributed by atoms with van der Waals surface area (Å²) < 4.78 is 0.450. The van der Waals surface area contributed by atoms with E-state index in [-0.39, 0.29) is 0 Å². The van der Waals surface area contributed by atoms with E-state index in [1.807, 2.05) is 25.6 Å². The van der Waals surface area contributed by atoms with Crippen LogP contribution in [0.15, 0.2) is 0 Å². The predicted molar refractivity (Wildman–Crippen MR) is 63.9 cm³/mol. The fourth-order valence-electron chi connectivity index (χ4n) is 2.07. The van der Waals surface area contributed by atoms with E-state index in [0.717, 1.165) is 6.54 Å². The van der Waals surface area contributed by atoms with Gasteiger partial charge in [0, 0.05) is 17.8 Å². The second-order valence-corrected chi connectivity index (χ2v) is 6.28. The highest BCUT2D eigenvalue weighted by Crippen LogP contribution is 2.39. The molecule has 0 radical (unpaired) electrons. The molecule has 0 heterocycles. The molecule has 2 nitrogen and oxygen atoms in total.